The highest BCUT2D eigenvalue weighted by Crippen LogP contribution is 2.39. The molecule has 4 aromatic rings. The Kier molecular flexibility index (Phi) is 7.49. The molecule has 1 heterocycles. The Morgan fingerprint density at radius 3 is 1.94 bits per heavy atom. The minimum absolute atomic E-state index is 0.0220. The highest BCUT2D eigenvalue weighted by molar-refractivity contribution is 14.1. The zero-order valence-electron chi connectivity index (χ0n) is 20.6. The highest BCUT2D eigenvalue weighted by atomic mass is 127. The molecule has 0 unspecified atom stereocenters. The van der Waals surface area contributed by atoms with E-state index in [9.17, 15) is 0 Å². The first-order chi connectivity index (χ1) is 16.0. The van der Waals surface area contributed by atoms with Gasteiger partial charge in [0.2, 0.25) is 0 Å². The van der Waals surface area contributed by atoms with E-state index < -0.39 is 8.32 Å². The van der Waals surface area contributed by atoms with Crippen molar-refractivity contribution in [2.45, 2.75) is 46.1 Å². The second-order valence-corrected chi connectivity index (χ2v) is 17.2. The van der Waals surface area contributed by atoms with Crippen LogP contribution >= 0.6 is 38.5 Å². The van der Waals surface area contributed by atoms with Crippen LogP contribution in [0.25, 0.3) is 10.9 Å². The van der Waals surface area contributed by atoms with Crippen molar-refractivity contribution in [1.29, 1.82) is 0 Å². The number of hydrogen-bond donors (Lipinski definition) is 1. The standard InChI is InChI=1S/C29H33BrINOSi/c1-28(2,3)34(22-12-8-6-9-13-22,23-14-10-7-11-15-23)33-20-29(4,5)19-25-24-18-21(30)16-17-26(24)32-27(25)31/h6-18,32H,19-20H2,1-5H3. The number of aromatic nitrogens is 1. The summed E-state index contributed by atoms with van der Waals surface area (Å²) in [6.07, 6.45) is 0.944. The maximum Gasteiger partial charge on any atom is 0.261 e. The zero-order valence-corrected chi connectivity index (χ0v) is 25.3. The van der Waals surface area contributed by atoms with Crippen LogP contribution in [0.3, 0.4) is 0 Å². The normalized spacial score (nSPS) is 12.9. The van der Waals surface area contributed by atoms with Crippen LogP contribution in [0.15, 0.2) is 83.3 Å². The molecule has 1 aromatic heterocycles. The van der Waals surface area contributed by atoms with Crippen molar-refractivity contribution in [3.05, 3.63) is 92.6 Å². The van der Waals surface area contributed by atoms with Gasteiger partial charge in [0, 0.05) is 22.0 Å². The van der Waals surface area contributed by atoms with Crippen LogP contribution in [0.1, 0.15) is 40.2 Å². The van der Waals surface area contributed by atoms with Gasteiger partial charge in [0.15, 0.2) is 0 Å². The van der Waals surface area contributed by atoms with Crippen molar-refractivity contribution in [2.24, 2.45) is 5.41 Å². The molecule has 0 aliphatic rings. The molecule has 0 saturated heterocycles. The lowest BCUT2D eigenvalue weighted by Crippen LogP contribution is -2.67. The summed E-state index contributed by atoms with van der Waals surface area (Å²) in [7, 11) is -2.55. The fourth-order valence-electron chi connectivity index (χ4n) is 4.95. The van der Waals surface area contributed by atoms with Crippen LogP contribution in [-0.2, 0) is 10.8 Å². The van der Waals surface area contributed by atoms with Crippen LogP contribution in [0.2, 0.25) is 5.04 Å². The van der Waals surface area contributed by atoms with E-state index in [1.54, 1.807) is 0 Å². The molecule has 5 heteroatoms. The van der Waals surface area contributed by atoms with Crippen molar-refractivity contribution in [2.75, 3.05) is 6.61 Å². The van der Waals surface area contributed by atoms with E-state index in [0.717, 1.165) is 10.9 Å². The van der Waals surface area contributed by atoms with Gasteiger partial charge in [-0.25, -0.2) is 0 Å². The number of fused-ring (bicyclic) bond motifs is 1. The van der Waals surface area contributed by atoms with Crippen molar-refractivity contribution >= 4 is 68.1 Å². The largest absolute Gasteiger partial charge is 0.407 e. The Balaban J connectivity index is 1.72. The van der Waals surface area contributed by atoms with Gasteiger partial charge in [-0.1, -0.05) is 111 Å². The van der Waals surface area contributed by atoms with E-state index in [1.165, 1.54) is 30.5 Å². The lowest BCUT2D eigenvalue weighted by atomic mass is 9.86. The maximum absolute atomic E-state index is 7.27. The first-order valence-corrected chi connectivity index (χ1v) is 15.5. The maximum atomic E-state index is 7.27. The fourth-order valence-corrected chi connectivity index (χ4v) is 10.9. The van der Waals surface area contributed by atoms with E-state index >= 15 is 0 Å². The average Bonchev–Trinajstić information content (AvgIpc) is 3.08. The monoisotopic (exact) mass is 645 g/mol. The Morgan fingerprint density at radius 1 is 0.853 bits per heavy atom. The van der Waals surface area contributed by atoms with Crippen LogP contribution in [0.4, 0.5) is 0 Å². The minimum Gasteiger partial charge on any atom is -0.407 e. The van der Waals surface area contributed by atoms with Gasteiger partial charge in [-0.05, 0) is 73.6 Å². The first-order valence-electron chi connectivity index (χ1n) is 11.7. The van der Waals surface area contributed by atoms with Gasteiger partial charge >= 0.3 is 0 Å². The van der Waals surface area contributed by atoms with Crippen LogP contribution in [-0.4, -0.2) is 19.9 Å². The van der Waals surface area contributed by atoms with Gasteiger partial charge in [0.25, 0.3) is 8.32 Å². The number of aromatic amines is 1. The van der Waals surface area contributed by atoms with Crippen LogP contribution in [0.5, 0.6) is 0 Å². The summed E-state index contributed by atoms with van der Waals surface area (Å²) in [5, 5.41) is 3.92. The van der Waals surface area contributed by atoms with Gasteiger partial charge in [-0.15, -0.1) is 0 Å². The Bertz CT molecular complexity index is 1220. The van der Waals surface area contributed by atoms with Crippen molar-refractivity contribution in [1.82, 2.24) is 4.98 Å². The second kappa shape index (κ2) is 9.92. The molecule has 0 aliphatic carbocycles. The molecule has 0 aliphatic heterocycles. The molecular formula is C29H33BrINOSi. The number of halogens is 2. The molecule has 0 radical (unpaired) electrons. The SMILES string of the molecule is CC(C)(CO[Si](c1ccccc1)(c1ccccc1)C(C)(C)C)Cc1c(I)[nH]c2ccc(Br)cc12. The molecule has 0 fully saturated rings. The molecule has 4 rings (SSSR count). The molecule has 0 amide bonds. The zero-order chi connectivity index (χ0) is 24.6. The van der Waals surface area contributed by atoms with Gasteiger partial charge in [0.05, 0.1) is 3.70 Å². The number of nitrogens with one attached hydrogen (secondary N) is 1. The van der Waals surface area contributed by atoms with E-state index in [1.807, 2.05) is 0 Å². The molecule has 34 heavy (non-hydrogen) atoms. The summed E-state index contributed by atoms with van der Waals surface area (Å²) in [5.74, 6) is 0. The van der Waals surface area contributed by atoms with Crippen LogP contribution in [0, 0.1) is 9.12 Å². The third-order valence-corrected chi connectivity index (χ3v) is 13.0. The van der Waals surface area contributed by atoms with Crippen molar-refractivity contribution in [3.63, 3.8) is 0 Å². The highest BCUT2D eigenvalue weighted by Gasteiger charge is 2.50. The van der Waals surface area contributed by atoms with E-state index in [0.29, 0.717) is 6.61 Å². The Labute approximate surface area is 226 Å². The molecule has 178 valence electrons. The van der Waals surface area contributed by atoms with Crippen LogP contribution < -0.4 is 10.4 Å². The summed E-state index contributed by atoms with van der Waals surface area (Å²) in [5.41, 5.74) is 2.52. The lowest BCUT2D eigenvalue weighted by Gasteiger charge is -2.44. The molecule has 0 spiro atoms. The molecule has 0 atom stereocenters. The first kappa shape index (κ1) is 25.7. The predicted molar refractivity (Wildman–Crippen MR) is 160 cm³/mol. The predicted octanol–water partition coefficient (Wildman–Crippen LogP) is 7.68. The topological polar surface area (TPSA) is 25.0 Å². The molecule has 2 nitrogen and oxygen atoms in total. The minimum atomic E-state index is -2.55. The van der Waals surface area contributed by atoms with Crippen molar-refractivity contribution in [3.8, 4) is 0 Å². The molecule has 3 aromatic carbocycles. The Hall–Kier alpha value is -1.41. The Morgan fingerprint density at radius 2 is 1.41 bits per heavy atom. The summed E-state index contributed by atoms with van der Waals surface area (Å²) in [6, 6.07) is 28.3. The summed E-state index contributed by atoms with van der Waals surface area (Å²) in [6.45, 7) is 12.4. The fraction of sp³-hybridized carbons (Fsp3) is 0.310. The molecule has 1 N–H and O–H groups in total. The quantitative estimate of drug-likeness (QED) is 0.162. The summed E-state index contributed by atoms with van der Waals surface area (Å²) in [4.78, 5) is 3.56. The average molecular weight is 646 g/mol. The number of rotatable bonds is 7. The van der Waals surface area contributed by atoms with E-state index in [2.05, 4.69) is 157 Å². The lowest BCUT2D eigenvalue weighted by molar-refractivity contribution is 0.169. The van der Waals surface area contributed by atoms with Crippen molar-refractivity contribution < 1.29 is 4.43 Å². The molecule has 0 saturated carbocycles. The number of hydrogen-bond acceptors (Lipinski definition) is 1. The van der Waals surface area contributed by atoms with E-state index in [4.69, 9.17) is 4.43 Å². The summed E-state index contributed by atoms with van der Waals surface area (Å²) < 4.78 is 9.59. The van der Waals surface area contributed by atoms with E-state index in [-0.39, 0.29) is 10.5 Å². The van der Waals surface area contributed by atoms with Gasteiger partial charge < -0.3 is 9.41 Å². The van der Waals surface area contributed by atoms with Gasteiger partial charge in [-0.2, -0.15) is 0 Å². The molecular weight excluding hydrogens is 613 g/mol. The van der Waals surface area contributed by atoms with Gasteiger partial charge in [0.1, 0.15) is 0 Å². The third-order valence-electron chi connectivity index (χ3n) is 6.57. The number of benzene rings is 3. The number of H-pyrrole nitrogens is 1. The second-order valence-electron chi connectivity index (χ2n) is 10.9. The molecule has 0 bridgehead atoms. The third kappa shape index (κ3) is 5.08. The van der Waals surface area contributed by atoms with Gasteiger partial charge in [-0.3, -0.25) is 0 Å². The summed E-state index contributed by atoms with van der Waals surface area (Å²) >= 11 is 6.09. The smallest absolute Gasteiger partial charge is 0.261 e.